The first-order valence-corrected chi connectivity index (χ1v) is 8.95. The van der Waals surface area contributed by atoms with Crippen molar-refractivity contribution in [3.05, 3.63) is 72.4 Å². The third kappa shape index (κ3) is 4.01. The van der Waals surface area contributed by atoms with Crippen molar-refractivity contribution in [3.8, 4) is 23.1 Å². The van der Waals surface area contributed by atoms with E-state index >= 15 is 0 Å². The Labute approximate surface area is 161 Å². The van der Waals surface area contributed by atoms with Crippen molar-refractivity contribution in [2.75, 3.05) is 6.61 Å². The lowest BCUT2D eigenvalue weighted by Crippen LogP contribution is -2.17. The van der Waals surface area contributed by atoms with Crippen LogP contribution in [-0.2, 0) is 11.2 Å². The monoisotopic (exact) mass is 374 g/mol. The fourth-order valence-corrected chi connectivity index (χ4v) is 2.69. The second-order valence-corrected chi connectivity index (χ2v) is 6.12. The summed E-state index contributed by atoms with van der Waals surface area (Å²) in [6.45, 7) is 1.90. The molecular weight excluding hydrogens is 356 g/mol. The first-order chi connectivity index (χ1) is 13.7. The summed E-state index contributed by atoms with van der Waals surface area (Å²) in [5.74, 6) is 0.910. The third-order valence-corrected chi connectivity index (χ3v) is 4.16. The molecule has 0 radical (unpaired) electrons. The molecule has 0 unspecified atom stereocenters. The standard InChI is InChI=1S/C22H18N2O4/c1-2-15-6-8-16(9-7-15)26-14-21(25)27-17-10-11-18-20(13-17)28-22(24-18)19-5-3-4-12-23-19/h3-13H,2,14H2,1H3. The normalized spacial score (nSPS) is 10.8. The fraction of sp³-hybridized carbons (Fsp3) is 0.136. The number of pyridine rings is 1. The van der Waals surface area contributed by atoms with E-state index in [1.807, 2.05) is 42.5 Å². The molecule has 0 atom stereocenters. The van der Waals surface area contributed by atoms with Gasteiger partial charge in [-0.2, -0.15) is 0 Å². The van der Waals surface area contributed by atoms with E-state index in [4.69, 9.17) is 13.9 Å². The van der Waals surface area contributed by atoms with E-state index in [0.29, 0.717) is 34.2 Å². The SMILES string of the molecule is CCc1ccc(OCC(=O)Oc2ccc3nc(-c4ccccn4)oc3c2)cc1. The summed E-state index contributed by atoms with van der Waals surface area (Å²) in [5, 5.41) is 0. The number of ether oxygens (including phenoxy) is 2. The highest BCUT2D eigenvalue weighted by molar-refractivity contribution is 5.79. The van der Waals surface area contributed by atoms with Crippen molar-refractivity contribution >= 4 is 17.1 Å². The summed E-state index contributed by atoms with van der Waals surface area (Å²) in [7, 11) is 0. The predicted octanol–water partition coefficient (Wildman–Crippen LogP) is 4.44. The van der Waals surface area contributed by atoms with Gasteiger partial charge in [0.25, 0.3) is 0 Å². The van der Waals surface area contributed by atoms with E-state index < -0.39 is 5.97 Å². The van der Waals surface area contributed by atoms with Crippen LogP contribution in [0.15, 0.2) is 71.3 Å². The van der Waals surface area contributed by atoms with Gasteiger partial charge in [-0.05, 0) is 48.4 Å². The Morgan fingerprint density at radius 3 is 2.61 bits per heavy atom. The quantitative estimate of drug-likeness (QED) is 0.367. The fourth-order valence-electron chi connectivity index (χ4n) is 2.69. The number of rotatable bonds is 6. The maximum atomic E-state index is 12.1. The Bertz CT molecular complexity index is 1090. The zero-order valence-corrected chi connectivity index (χ0v) is 15.3. The Kier molecular flexibility index (Phi) is 5.01. The summed E-state index contributed by atoms with van der Waals surface area (Å²) in [4.78, 5) is 20.7. The number of hydrogen-bond donors (Lipinski definition) is 0. The van der Waals surface area contributed by atoms with Crippen molar-refractivity contribution in [2.24, 2.45) is 0 Å². The Morgan fingerprint density at radius 2 is 1.86 bits per heavy atom. The number of hydrogen-bond acceptors (Lipinski definition) is 6. The van der Waals surface area contributed by atoms with Crippen molar-refractivity contribution in [2.45, 2.75) is 13.3 Å². The number of aromatic nitrogens is 2. The Morgan fingerprint density at radius 1 is 1.04 bits per heavy atom. The molecule has 0 saturated carbocycles. The number of nitrogens with zero attached hydrogens (tertiary/aromatic N) is 2. The highest BCUT2D eigenvalue weighted by Gasteiger charge is 2.12. The molecule has 0 saturated heterocycles. The molecule has 0 fully saturated rings. The number of aryl methyl sites for hydroxylation is 1. The first-order valence-electron chi connectivity index (χ1n) is 8.95. The van der Waals surface area contributed by atoms with E-state index in [1.54, 1.807) is 24.4 Å². The van der Waals surface area contributed by atoms with Gasteiger partial charge in [0.2, 0.25) is 5.89 Å². The summed E-state index contributed by atoms with van der Waals surface area (Å²) in [5.41, 5.74) is 3.02. The van der Waals surface area contributed by atoms with E-state index in [2.05, 4.69) is 16.9 Å². The molecule has 2 aromatic heterocycles. The summed E-state index contributed by atoms with van der Waals surface area (Å²) in [6, 6.07) is 18.1. The minimum Gasteiger partial charge on any atom is -0.482 e. The lowest BCUT2D eigenvalue weighted by Gasteiger charge is -2.07. The van der Waals surface area contributed by atoms with Gasteiger partial charge in [0, 0.05) is 12.3 Å². The van der Waals surface area contributed by atoms with E-state index in [1.165, 1.54) is 5.56 Å². The molecule has 6 heteroatoms. The molecule has 6 nitrogen and oxygen atoms in total. The van der Waals surface area contributed by atoms with Gasteiger partial charge in [-0.3, -0.25) is 4.98 Å². The smallest absolute Gasteiger partial charge is 0.349 e. The van der Waals surface area contributed by atoms with E-state index in [9.17, 15) is 4.79 Å². The zero-order chi connectivity index (χ0) is 19.3. The van der Waals surface area contributed by atoms with Gasteiger partial charge >= 0.3 is 5.97 Å². The van der Waals surface area contributed by atoms with Gasteiger partial charge < -0.3 is 13.9 Å². The topological polar surface area (TPSA) is 74.5 Å². The van der Waals surface area contributed by atoms with Crippen LogP contribution in [0.25, 0.3) is 22.7 Å². The van der Waals surface area contributed by atoms with E-state index in [0.717, 1.165) is 6.42 Å². The average Bonchev–Trinajstić information content (AvgIpc) is 3.17. The highest BCUT2D eigenvalue weighted by Crippen LogP contribution is 2.26. The number of carbonyl (C=O) groups excluding carboxylic acids is 1. The summed E-state index contributed by atoms with van der Waals surface area (Å²) in [6.07, 6.45) is 2.63. The van der Waals surface area contributed by atoms with Crippen LogP contribution in [0.4, 0.5) is 0 Å². The molecule has 0 amide bonds. The lowest BCUT2D eigenvalue weighted by atomic mass is 10.2. The van der Waals surface area contributed by atoms with Crippen molar-refractivity contribution in [3.63, 3.8) is 0 Å². The number of oxazole rings is 1. The minimum atomic E-state index is -0.497. The number of benzene rings is 2. The number of fused-ring (bicyclic) bond motifs is 1. The number of esters is 1. The lowest BCUT2D eigenvalue weighted by molar-refractivity contribution is -0.136. The van der Waals surface area contributed by atoms with Crippen molar-refractivity contribution in [1.82, 2.24) is 9.97 Å². The maximum absolute atomic E-state index is 12.1. The zero-order valence-electron chi connectivity index (χ0n) is 15.3. The van der Waals surface area contributed by atoms with Crippen molar-refractivity contribution < 1.29 is 18.7 Å². The largest absolute Gasteiger partial charge is 0.482 e. The molecule has 28 heavy (non-hydrogen) atoms. The summed E-state index contributed by atoms with van der Waals surface area (Å²) < 4.78 is 16.5. The van der Waals surface area contributed by atoms with Gasteiger partial charge in [-0.15, -0.1) is 0 Å². The van der Waals surface area contributed by atoms with Crippen LogP contribution in [-0.4, -0.2) is 22.5 Å². The molecule has 2 aromatic carbocycles. The molecule has 0 aliphatic heterocycles. The van der Waals surface area contributed by atoms with Gasteiger partial charge in [0.05, 0.1) is 0 Å². The Hall–Kier alpha value is -3.67. The van der Waals surface area contributed by atoms with Gasteiger partial charge in [-0.1, -0.05) is 25.1 Å². The molecule has 0 bridgehead atoms. The molecule has 4 aromatic rings. The highest BCUT2D eigenvalue weighted by atomic mass is 16.6. The van der Waals surface area contributed by atoms with Gasteiger partial charge in [0.1, 0.15) is 22.7 Å². The maximum Gasteiger partial charge on any atom is 0.349 e. The second kappa shape index (κ2) is 7.92. The number of carbonyl (C=O) groups is 1. The van der Waals surface area contributed by atoms with E-state index in [-0.39, 0.29) is 6.61 Å². The molecule has 140 valence electrons. The van der Waals surface area contributed by atoms with Crippen LogP contribution in [0.3, 0.4) is 0 Å². The molecule has 0 aliphatic rings. The first kappa shape index (κ1) is 17.7. The van der Waals surface area contributed by atoms with Crippen LogP contribution in [0.2, 0.25) is 0 Å². The average molecular weight is 374 g/mol. The van der Waals surface area contributed by atoms with Crippen LogP contribution in [0.5, 0.6) is 11.5 Å². The van der Waals surface area contributed by atoms with Gasteiger partial charge in [-0.25, -0.2) is 9.78 Å². The van der Waals surface area contributed by atoms with Crippen molar-refractivity contribution in [1.29, 1.82) is 0 Å². The molecule has 4 rings (SSSR count). The molecule has 2 heterocycles. The molecular formula is C22H18N2O4. The predicted molar refractivity (Wildman–Crippen MR) is 104 cm³/mol. The molecule has 0 spiro atoms. The molecule has 0 N–H and O–H groups in total. The second-order valence-electron chi connectivity index (χ2n) is 6.12. The Balaban J connectivity index is 1.41. The van der Waals surface area contributed by atoms with Crippen LogP contribution in [0.1, 0.15) is 12.5 Å². The van der Waals surface area contributed by atoms with Crippen LogP contribution in [0, 0.1) is 0 Å². The minimum absolute atomic E-state index is 0.181. The summed E-state index contributed by atoms with van der Waals surface area (Å²) >= 11 is 0. The van der Waals surface area contributed by atoms with Gasteiger partial charge in [0.15, 0.2) is 12.2 Å². The van der Waals surface area contributed by atoms with Crippen LogP contribution < -0.4 is 9.47 Å². The molecule has 0 aliphatic carbocycles. The van der Waals surface area contributed by atoms with Crippen LogP contribution >= 0.6 is 0 Å². The third-order valence-electron chi connectivity index (χ3n) is 4.16.